The zero-order valence-electron chi connectivity index (χ0n) is 7.72. The van der Waals surface area contributed by atoms with Crippen LogP contribution in [0.3, 0.4) is 0 Å². The number of halogens is 2. The minimum Gasteiger partial charge on any atom is -0.236 e. The van der Waals surface area contributed by atoms with Gasteiger partial charge in [0.25, 0.3) is 0 Å². The number of rotatable bonds is 1. The van der Waals surface area contributed by atoms with Gasteiger partial charge < -0.3 is 0 Å². The van der Waals surface area contributed by atoms with Crippen LogP contribution in [-0.4, -0.2) is 4.98 Å². The van der Waals surface area contributed by atoms with Crippen molar-refractivity contribution in [3.05, 3.63) is 40.0 Å². The predicted octanol–water partition coefficient (Wildman–Crippen LogP) is 4.10. The van der Waals surface area contributed by atoms with Gasteiger partial charge in [-0.25, -0.2) is 4.98 Å². The highest BCUT2D eigenvalue weighted by molar-refractivity contribution is 6.37. The fraction of sp³-hybridized carbons (Fsp3) is 0.182. The average Bonchev–Trinajstić information content (AvgIpc) is 2.17. The van der Waals surface area contributed by atoms with Crippen LogP contribution >= 0.6 is 23.2 Å². The molecule has 0 unspecified atom stereocenters. The van der Waals surface area contributed by atoms with Gasteiger partial charge in [0.05, 0.1) is 10.5 Å². The minimum absolute atomic E-state index is 0.448. The number of aryl methyl sites for hydroxylation is 1. The molecule has 0 aliphatic heterocycles. The molecule has 0 amide bonds. The van der Waals surface area contributed by atoms with Crippen molar-refractivity contribution in [3.63, 3.8) is 0 Å². The van der Waals surface area contributed by atoms with E-state index >= 15 is 0 Å². The van der Waals surface area contributed by atoms with Gasteiger partial charge in [-0.05, 0) is 18.1 Å². The lowest BCUT2D eigenvalue weighted by Crippen LogP contribution is -1.88. The Morgan fingerprint density at radius 2 is 2.07 bits per heavy atom. The van der Waals surface area contributed by atoms with Crippen LogP contribution in [0.5, 0.6) is 0 Å². The lowest BCUT2D eigenvalue weighted by atomic mass is 10.1. The van der Waals surface area contributed by atoms with Crippen LogP contribution in [0, 0.1) is 0 Å². The smallest absolute Gasteiger partial charge is 0.131 e. The summed E-state index contributed by atoms with van der Waals surface area (Å²) in [7, 11) is 0. The van der Waals surface area contributed by atoms with E-state index in [4.69, 9.17) is 23.2 Å². The molecule has 1 nitrogen and oxygen atoms in total. The molecule has 1 aromatic carbocycles. The maximum absolute atomic E-state index is 6.07. The zero-order chi connectivity index (χ0) is 10.1. The number of aromatic nitrogens is 1. The first kappa shape index (κ1) is 9.75. The molecule has 3 heteroatoms. The highest BCUT2D eigenvalue weighted by Gasteiger charge is 2.05. The summed E-state index contributed by atoms with van der Waals surface area (Å²) in [6, 6.07) is 7.66. The predicted molar refractivity (Wildman–Crippen MR) is 61.1 cm³/mol. The summed E-state index contributed by atoms with van der Waals surface area (Å²) in [5, 5.41) is 2.08. The number of nitrogens with zero attached hydrogens (tertiary/aromatic N) is 1. The van der Waals surface area contributed by atoms with Crippen molar-refractivity contribution >= 4 is 34.1 Å². The third-order valence-electron chi connectivity index (χ3n) is 2.22. The number of fused-ring (bicyclic) bond motifs is 1. The van der Waals surface area contributed by atoms with E-state index in [1.807, 2.05) is 18.2 Å². The second-order valence-corrected chi connectivity index (χ2v) is 3.89. The lowest BCUT2D eigenvalue weighted by molar-refractivity contribution is 1.14. The zero-order valence-corrected chi connectivity index (χ0v) is 9.23. The first-order valence-corrected chi connectivity index (χ1v) is 5.21. The highest BCUT2D eigenvalue weighted by Crippen LogP contribution is 2.27. The van der Waals surface area contributed by atoms with Gasteiger partial charge in [0, 0.05) is 5.39 Å². The second kappa shape index (κ2) is 3.76. The fourth-order valence-electron chi connectivity index (χ4n) is 1.52. The summed E-state index contributed by atoms with van der Waals surface area (Å²) < 4.78 is 0. The number of hydrogen-bond acceptors (Lipinski definition) is 1. The van der Waals surface area contributed by atoms with E-state index in [2.05, 4.69) is 11.9 Å². The van der Waals surface area contributed by atoms with Crippen molar-refractivity contribution in [2.75, 3.05) is 0 Å². The maximum Gasteiger partial charge on any atom is 0.131 e. The maximum atomic E-state index is 6.07. The van der Waals surface area contributed by atoms with Gasteiger partial charge in [0.15, 0.2) is 0 Å². The van der Waals surface area contributed by atoms with E-state index < -0.39 is 0 Å². The number of hydrogen-bond donors (Lipinski definition) is 0. The van der Waals surface area contributed by atoms with Crippen molar-refractivity contribution in [1.82, 2.24) is 4.98 Å². The molecular weight excluding hydrogens is 217 g/mol. The number of benzene rings is 1. The largest absolute Gasteiger partial charge is 0.236 e. The van der Waals surface area contributed by atoms with Crippen LogP contribution in [0.1, 0.15) is 12.5 Å². The van der Waals surface area contributed by atoms with E-state index in [0.717, 1.165) is 17.3 Å². The summed E-state index contributed by atoms with van der Waals surface area (Å²) >= 11 is 11.9. The van der Waals surface area contributed by atoms with Crippen molar-refractivity contribution in [3.8, 4) is 0 Å². The first-order valence-electron chi connectivity index (χ1n) is 4.46. The van der Waals surface area contributed by atoms with E-state index in [9.17, 15) is 0 Å². The van der Waals surface area contributed by atoms with Crippen molar-refractivity contribution < 1.29 is 0 Å². The third-order valence-corrected chi connectivity index (χ3v) is 2.73. The van der Waals surface area contributed by atoms with Crippen LogP contribution in [-0.2, 0) is 6.42 Å². The topological polar surface area (TPSA) is 12.9 Å². The van der Waals surface area contributed by atoms with E-state index in [0.29, 0.717) is 10.2 Å². The molecule has 0 N–H and O–H groups in total. The van der Waals surface area contributed by atoms with E-state index in [-0.39, 0.29) is 0 Å². The molecule has 72 valence electrons. The van der Waals surface area contributed by atoms with Crippen LogP contribution in [0.25, 0.3) is 10.9 Å². The van der Waals surface area contributed by atoms with Gasteiger partial charge in [-0.15, -0.1) is 0 Å². The first-order chi connectivity index (χ1) is 6.72. The molecule has 0 atom stereocenters. The Morgan fingerprint density at radius 1 is 1.29 bits per heavy atom. The molecule has 0 saturated heterocycles. The minimum atomic E-state index is 0.448. The van der Waals surface area contributed by atoms with Gasteiger partial charge in [-0.3, -0.25) is 0 Å². The number of para-hydroxylation sites is 1. The molecule has 0 aliphatic rings. The Kier molecular flexibility index (Phi) is 2.62. The molecule has 0 saturated carbocycles. The van der Waals surface area contributed by atoms with E-state index in [1.54, 1.807) is 6.07 Å². The number of pyridine rings is 1. The molecule has 1 aromatic heterocycles. The molecule has 2 aromatic rings. The Hall–Kier alpha value is -0.790. The molecular formula is C11H9Cl2N. The highest BCUT2D eigenvalue weighted by atomic mass is 35.5. The van der Waals surface area contributed by atoms with Gasteiger partial charge in [0.2, 0.25) is 0 Å². The van der Waals surface area contributed by atoms with Crippen molar-refractivity contribution in [1.29, 1.82) is 0 Å². The lowest BCUT2D eigenvalue weighted by Gasteiger charge is -2.05. The standard InChI is InChI=1S/C11H9Cl2N/c1-2-7-4-3-5-8-9(12)6-10(13)14-11(7)8/h3-6H,2H2,1H3. The van der Waals surface area contributed by atoms with Gasteiger partial charge >= 0.3 is 0 Å². The molecule has 0 bridgehead atoms. The summed E-state index contributed by atoms with van der Waals surface area (Å²) in [5.41, 5.74) is 2.08. The Bertz CT molecular complexity index is 480. The Morgan fingerprint density at radius 3 is 2.79 bits per heavy atom. The summed E-state index contributed by atoms with van der Waals surface area (Å²) in [6.07, 6.45) is 0.932. The molecule has 14 heavy (non-hydrogen) atoms. The molecule has 2 rings (SSSR count). The molecule has 0 fully saturated rings. The average molecular weight is 226 g/mol. The molecule has 1 heterocycles. The van der Waals surface area contributed by atoms with E-state index in [1.165, 1.54) is 5.56 Å². The van der Waals surface area contributed by atoms with Crippen LogP contribution < -0.4 is 0 Å². The van der Waals surface area contributed by atoms with Crippen LogP contribution in [0.2, 0.25) is 10.2 Å². The Labute approximate surface area is 92.7 Å². The van der Waals surface area contributed by atoms with Crippen LogP contribution in [0.15, 0.2) is 24.3 Å². The molecule has 0 spiro atoms. The summed E-state index contributed by atoms with van der Waals surface area (Å²) in [5.74, 6) is 0. The monoisotopic (exact) mass is 225 g/mol. The SMILES string of the molecule is CCc1cccc2c(Cl)cc(Cl)nc12. The van der Waals surface area contributed by atoms with Gasteiger partial charge in [-0.2, -0.15) is 0 Å². The van der Waals surface area contributed by atoms with Crippen molar-refractivity contribution in [2.24, 2.45) is 0 Å². The fourth-order valence-corrected chi connectivity index (χ4v) is 2.03. The molecule has 0 radical (unpaired) electrons. The van der Waals surface area contributed by atoms with Crippen molar-refractivity contribution in [2.45, 2.75) is 13.3 Å². The second-order valence-electron chi connectivity index (χ2n) is 3.09. The normalized spacial score (nSPS) is 10.8. The quantitative estimate of drug-likeness (QED) is 0.667. The van der Waals surface area contributed by atoms with Gasteiger partial charge in [0.1, 0.15) is 5.15 Å². The van der Waals surface area contributed by atoms with Gasteiger partial charge in [-0.1, -0.05) is 48.3 Å². The summed E-state index contributed by atoms with van der Waals surface area (Å²) in [4.78, 5) is 4.29. The van der Waals surface area contributed by atoms with Crippen LogP contribution in [0.4, 0.5) is 0 Å². The summed E-state index contributed by atoms with van der Waals surface area (Å²) in [6.45, 7) is 2.09. The Balaban J connectivity index is 2.86. The third kappa shape index (κ3) is 1.58. The molecule has 0 aliphatic carbocycles.